The maximum absolute atomic E-state index is 12.7. The number of hydrogen-bond donors (Lipinski definition) is 0. The average Bonchev–Trinajstić information content (AvgIpc) is 3.19. The molecule has 1 amide bonds. The molecule has 1 unspecified atom stereocenters. The number of aromatic nitrogens is 2. The van der Waals surface area contributed by atoms with Gasteiger partial charge < -0.3 is 9.47 Å². The first-order valence-electron chi connectivity index (χ1n) is 8.71. The first-order chi connectivity index (χ1) is 12.6. The molecule has 1 aromatic heterocycles. The lowest BCUT2D eigenvalue weighted by molar-refractivity contribution is -0.117. The van der Waals surface area contributed by atoms with Gasteiger partial charge in [0.2, 0.25) is 5.91 Å². The Balaban J connectivity index is 1.70. The smallest absolute Gasteiger partial charge is 0.227 e. The van der Waals surface area contributed by atoms with E-state index >= 15 is 0 Å². The SMILES string of the molecule is C=CCn1c(C2CC(=O)N(c3ccc(C)c(Cl)c3)C2)nc2ccccc21. The predicted octanol–water partition coefficient (Wildman–Crippen LogP) is 4.70. The van der Waals surface area contributed by atoms with Crippen molar-refractivity contribution in [3.05, 3.63) is 71.5 Å². The van der Waals surface area contributed by atoms with Gasteiger partial charge in [0.15, 0.2) is 0 Å². The molecule has 1 aliphatic heterocycles. The number of fused-ring (bicyclic) bond motifs is 1. The number of para-hydroxylation sites is 2. The van der Waals surface area contributed by atoms with Crippen LogP contribution in [0.4, 0.5) is 5.69 Å². The van der Waals surface area contributed by atoms with E-state index in [9.17, 15) is 4.79 Å². The second-order valence-electron chi connectivity index (χ2n) is 6.70. The molecule has 0 saturated carbocycles. The molecule has 0 radical (unpaired) electrons. The average molecular weight is 366 g/mol. The van der Waals surface area contributed by atoms with Crippen LogP contribution in [0.1, 0.15) is 23.7 Å². The molecular formula is C21H20ClN3O. The minimum absolute atomic E-state index is 0.0509. The van der Waals surface area contributed by atoms with Crippen molar-refractivity contribution in [1.82, 2.24) is 9.55 Å². The van der Waals surface area contributed by atoms with Crippen molar-refractivity contribution < 1.29 is 4.79 Å². The van der Waals surface area contributed by atoms with E-state index in [1.54, 1.807) is 0 Å². The topological polar surface area (TPSA) is 38.1 Å². The standard InChI is InChI=1S/C21H20ClN3O/c1-3-10-24-19-7-5-4-6-18(19)23-21(24)15-11-20(26)25(13-15)16-9-8-14(2)17(22)12-16/h3-9,12,15H,1,10-11,13H2,2H3. The molecule has 2 aromatic carbocycles. The van der Waals surface area contributed by atoms with Crippen LogP contribution in [-0.4, -0.2) is 22.0 Å². The van der Waals surface area contributed by atoms with Crippen LogP contribution in [-0.2, 0) is 11.3 Å². The summed E-state index contributed by atoms with van der Waals surface area (Å²) < 4.78 is 2.16. The molecule has 3 aromatic rings. The minimum atomic E-state index is 0.0509. The Morgan fingerprint density at radius 3 is 2.88 bits per heavy atom. The maximum Gasteiger partial charge on any atom is 0.227 e. The van der Waals surface area contributed by atoms with Gasteiger partial charge in [-0.25, -0.2) is 4.98 Å². The van der Waals surface area contributed by atoms with Gasteiger partial charge in [0.05, 0.1) is 11.0 Å². The summed E-state index contributed by atoms with van der Waals surface area (Å²) in [6, 6.07) is 13.8. The number of rotatable bonds is 4. The first-order valence-corrected chi connectivity index (χ1v) is 9.09. The fourth-order valence-electron chi connectivity index (χ4n) is 3.61. The van der Waals surface area contributed by atoms with Gasteiger partial charge in [0.1, 0.15) is 5.82 Å². The molecule has 5 heteroatoms. The number of halogens is 1. The van der Waals surface area contributed by atoms with E-state index in [0.29, 0.717) is 24.5 Å². The summed E-state index contributed by atoms with van der Waals surface area (Å²) in [5.41, 5.74) is 3.88. The van der Waals surface area contributed by atoms with Crippen molar-refractivity contribution in [3.8, 4) is 0 Å². The highest BCUT2D eigenvalue weighted by molar-refractivity contribution is 6.31. The number of carbonyl (C=O) groups excluding carboxylic acids is 1. The molecule has 1 saturated heterocycles. The Kier molecular flexibility index (Phi) is 4.29. The molecule has 2 heterocycles. The summed E-state index contributed by atoms with van der Waals surface area (Å²) in [6.07, 6.45) is 2.32. The predicted molar refractivity (Wildman–Crippen MR) is 106 cm³/mol. The fraction of sp³-hybridized carbons (Fsp3) is 0.238. The Hall–Kier alpha value is -2.59. The molecule has 0 bridgehead atoms. The molecule has 0 spiro atoms. The van der Waals surface area contributed by atoms with E-state index in [1.165, 1.54) is 0 Å². The minimum Gasteiger partial charge on any atom is -0.324 e. The van der Waals surface area contributed by atoms with Crippen LogP contribution in [0.5, 0.6) is 0 Å². The molecule has 4 rings (SSSR count). The molecule has 0 N–H and O–H groups in total. The van der Waals surface area contributed by atoms with Gasteiger partial charge in [0, 0.05) is 36.1 Å². The third-order valence-corrected chi connectivity index (χ3v) is 5.36. The summed E-state index contributed by atoms with van der Waals surface area (Å²) in [5.74, 6) is 1.10. The molecule has 1 atom stereocenters. The molecular weight excluding hydrogens is 346 g/mol. The molecule has 132 valence electrons. The molecule has 26 heavy (non-hydrogen) atoms. The molecule has 0 aliphatic carbocycles. The van der Waals surface area contributed by atoms with Gasteiger partial charge in [-0.2, -0.15) is 0 Å². The summed E-state index contributed by atoms with van der Waals surface area (Å²) in [4.78, 5) is 19.3. The van der Waals surface area contributed by atoms with Crippen molar-refractivity contribution in [2.45, 2.75) is 25.8 Å². The van der Waals surface area contributed by atoms with E-state index in [-0.39, 0.29) is 11.8 Å². The number of anilines is 1. The lowest BCUT2D eigenvalue weighted by atomic mass is 10.1. The summed E-state index contributed by atoms with van der Waals surface area (Å²) in [6.45, 7) is 7.11. The van der Waals surface area contributed by atoms with Crippen LogP contribution in [0.15, 0.2) is 55.1 Å². The quantitative estimate of drug-likeness (QED) is 0.628. The van der Waals surface area contributed by atoms with Crippen molar-refractivity contribution in [3.63, 3.8) is 0 Å². The zero-order chi connectivity index (χ0) is 18.3. The van der Waals surface area contributed by atoms with E-state index in [1.807, 2.05) is 54.3 Å². The Morgan fingerprint density at radius 1 is 1.31 bits per heavy atom. The van der Waals surface area contributed by atoms with Gasteiger partial charge in [-0.1, -0.05) is 35.9 Å². The molecule has 4 nitrogen and oxygen atoms in total. The zero-order valence-corrected chi connectivity index (χ0v) is 15.4. The van der Waals surface area contributed by atoms with E-state index in [4.69, 9.17) is 16.6 Å². The number of amides is 1. The normalized spacial score (nSPS) is 17.2. The van der Waals surface area contributed by atoms with Crippen LogP contribution >= 0.6 is 11.6 Å². The first kappa shape index (κ1) is 16.9. The summed E-state index contributed by atoms with van der Waals surface area (Å²) in [7, 11) is 0. The maximum atomic E-state index is 12.7. The third-order valence-electron chi connectivity index (χ3n) is 4.95. The number of hydrogen-bond acceptors (Lipinski definition) is 2. The monoisotopic (exact) mass is 365 g/mol. The summed E-state index contributed by atoms with van der Waals surface area (Å²) in [5, 5.41) is 0.678. The van der Waals surface area contributed by atoms with E-state index < -0.39 is 0 Å². The zero-order valence-electron chi connectivity index (χ0n) is 14.7. The van der Waals surface area contributed by atoms with Crippen LogP contribution in [0, 0.1) is 6.92 Å². The van der Waals surface area contributed by atoms with Crippen molar-refractivity contribution in [2.24, 2.45) is 0 Å². The second kappa shape index (κ2) is 6.61. The van der Waals surface area contributed by atoms with Gasteiger partial charge in [-0.05, 0) is 36.8 Å². The highest BCUT2D eigenvalue weighted by Crippen LogP contribution is 2.34. The number of nitrogens with zero attached hydrogens (tertiary/aromatic N) is 3. The summed E-state index contributed by atoms with van der Waals surface area (Å²) >= 11 is 6.25. The van der Waals surface area contributed by atoms with E-state index in [2.05, 4.69) is 17.2 Å². The van der Waals surface area contributed by atoms with Crippen LogP contribution < -0.4 is 4.90 Å². The largest absolute Gasteiger partial charge is 0.324 e. The lowest BCUT2D eigenvalue weighted by Gasteiger charge is -2.18. The lowest BCUT2D eigenvalue weighted by Crippen LogP contribution is -2.24. The number of benzene rings is 2. The third kappa shape index (κ3) is 2.80. The Bertz CT molecular complexity index is 1010. The molecule has 1 fully saturated rings. The number of carbonyl (C=O) groups is 1. The number of allylic oxidation sites excluding steroid dienone is 1. The van der Waals surface area contributed by atoms with Crippen molar-refractivity contribution >= 4 is 34.2 Å². The van der Waals surface area contributed by atoms with Crippen molar-refractivity contribution in [2.75, 3.05) is 11.4 Å². The van der Waals surface area contributed by atoms with Gasteiger partial charge in [-0.3, -0.25) is 4.79 Å². The Morgan fingerprint density at radius 2 is 2.12 bits per heavy atom. The van der Waals surface area contributed by atoms with Crippen LogP contribution in [0.25, 0.3) is 11.0 Å². The van der Waals surface area contributed by atoms with Crippen molar-refractivity contribution in [1.29, 1.82) is 0 Å². The number of aryl methyl sites for hydroxylation is 1. The Labute approximate surface area is 157 Å². The van der Waals surface area contributed by atoms with Crippen LogP contribution in [0.2, 0.25) is 5.02 Å². The van der Waals surface area contributed by atoms with E-state index in [0.717, 1.165) is 28.1 Å². The molecule has 1 aliphatic rings. The highest BCUT2D eigenvalue weighted by atomic mass is 35.5. The second-order valence-corrected chi connectivity index (χ2v) is 7.10. The number of imidazole rings is 1. The fourth-order valence-corrected chi connectivity index (χ4v) is 3.78. The van der Waals surface area contributed by atoms with Gasteiger partial charge in [-0.15, -0.1) is 6.58 Å². The van der Waals surface area contributed by atoms with Gasteiger partial charge in [0.25, 0.3) is 0 Å². The van der Waals surface area contributed by atoms with Gasteiger partial charge >= 0.3 is 0 Å². The highest BCUT2D eigenvalue weighted by Gasteiger charge is 2.34. The van der Waals surface area contributed by atoms with Crippen LogP contribution in [0.3, 0.4) is 0 Å².